The zero-order valence-corrected chi connectivity index (χ0v) is 13.2. The van der Waals surface area contributed by atoms with Crippen molar-refractivity contribution in [2.24, 2.45) is 0 Å². The van der Waals surface area contributed by atoms with Crippen LogP contribution in [0.4, 0.5) is 0 Å². The Hall–Kier alpha value is -0.140. The highest BCUT2D eigenvalue weighted by molar-refractivity contribution is 9.10. The van der Waals surface area contributed by atoms with E-state index in [1.54, 1.807) is 18.2 Å². The average molecular weight is 356 g/mol. The second-order valence-electron chi connectivity index (χ2n) is 4.15. The molecule has 1 saturated heterocycles. The Balaban J connectivity index is 0.00000162. The predicted octanol–water partition coefficient (Wildman–Crippen LogP) is 1.85. The van der Waals surface area contributed by atoms with Crippen LogP contribution in [0.1, 0.15) is 6.92 Å². The van der Waals surface area contributed by atoms with Gasteiger partial charge in [-0.25, -0.2) is 8.42 Å². The van der Waals surface area contributed by atoms with Crippen molar-refractivity contribution in [2.45, 2.75) is 17.9 Å². The van der Waals surface area contributed by atoms with Crippen molar-refractivity contribution in [3.05, 3.63) is 28.7 Å². The maximum absolute atomic E-state index is 12.4. The second-order valence-corrected chi connectivity index (χ2v) is 6.91. The molecule has 2 rings (SSSR count). The van der Waals surface area contributed by atoms with Gasteiger partial charge in [-0.15, -0.1) is 12.4 Å². The highest BCUT2D eigenvalue weighted by atomic mass is 79.9. The van der Waals surface area contributed by atoms with Gasteiger partial charge in [-0.3, -0.25) is 0 Å². The van der Waals surface area contributed by atoms with Crippen LogP contribution in [0.2, 0.25) is 0 Å². The molecule has 7 heteroatoms. The number of sulfonamides is 1. The molecule has 1 unspecified atom stereocenters. The Bertz CT molecular complexity index is 510. The Kier molecular flexibility index (Phi) is 5.61. The van der Waals surface area contributed by atoms with Gasteiger partial charge in [-0.2, -0.15) is 4.31 Å². The first-order chi connectivity index (χ1) is 8.01. The van der Waals surface area contributed by atoms with Gasteiger partial charge in [0.1, 0.15) is 0 Å². The van der Waals surface area contributed by atoms with Gasteiger partial charge < -0.3 is 5.32 Å². The minimum Gasteiger partial charge on any atom is -0.312 e. The van der Waals surface area contributed by atoms with Gasteiger partial charge in [0.2, 0.25) is 10.0 Å². The number of rotatable bonds is 2. The van der Waals surface area contributed by atoms with Crippen LogP contribution in [-0.2, 0) is 10.0 Å². The number of piperazine rings is 1. The first-order valence-electron chi connectivity index (χ1n) is 5.50. The van der Waals surface area contributed by atoms with Gasteiger partial charge in [0.15, 0.2) is 0 Å². The molecule has 1 heterocycles. The van der Waals surface area contributed by atoms with E-state index >= 15 is 0 Å². The summed E-state index contributed by atoms with van der Waals surface area (Å²) in [5, 5.41) is 3.23. The molecule has 1 aromatic rings. The third-order valence-corrected chi connectivity index (χ3v) is 5.66. The lowest BCUT2D eigenvalue weighted by molar-refractivity contribution is 0.310. The van der Waals surface area contributed by atoms with E-state index in [-0.39, 0.29) is 18.4 Å². The van der Waals surface area contributed by atoms with Gasteiger partial charge >= 0.3 is 0 Å². The lowest BCUT2D eigenvalue weighted by atomic mass is 10.3. The number of nitrogens with zero attached hydrogens (tertiary/aromatic N) is 1. The Morgan fingerprint density at radius 2 is 2.06 bits per heavy atom. The van der Waals surface area contributed by atoms with Crippen molar-refractivity contribution in [3.63, 3.8) is 0 Å². The molecule has 1 aromatic carbocycles. The van der Waals surface area contributed by atoms with Crippen molar-refractivity contribution < 1.29 is 8.42 Å². The van der Waals surface area contributed by atoms with Gasteiger partial charge in [-0.1, -0.05) is 12.1 Å². The van der Waals surface area contributed by atoms with E-state index in [4.69, 9.17) is 0 Å². The predicted molar refractivity (Wildman–Crippen MR) is 77.6 cm³/mol. The largest absolute Gasteiger partial charge is 0.312 e. The van der Waals surface area contributed by atoms with Gasteiger partial charge in [0.05, 0.1) is 4.90 Å². The summed E-state index contributed by atoms with van der Waals surface area (Å²) >= 11 is 3.29. The third kappa shape index (κ3) is 3.24. The van der Waals surface area contributed by atoms with E-state index in [1.807, 2.05) is 13.0 Å². The van der Waals surface area contributed by atoms with Crippen LogP contribution in [0, 0.1) is 0 Å². The second kappa shape index (κ2) is 6.34. The molecule has 1 aliphatic heterocycles. The Morgan fingerprint density at radius 1 is 1.39 bits per heavy atom. The number of hydrogen-bond donors (Lipinski definition) is 1. The quantitative estimate of drug-likeness (QED) is 0.881. The van der Waals surface area contributed by atoms with E-state index in [2.05, 4.69) is 21.2 Å². The summed E-state index contributed by atoms with van der Waals surface area (Å²) in [6, 6.07) is 7.12. The van der Waals surface area contributed by atoms with E-state index in [9.17, 15) is 8.42 Å². The highest BCUT2D eigenvalue weighted by Crippen LogP contribution is 2.25. The van der Waals surface area contributed by atoms with Crippen LogP contribution in [0.3, 0.4) is 0 Å². The van der Waals surface area contributed by atoms with E-state index < -0.39 is 10.0 Å². The molecule has 1 fully saturated rings. The molecule has 1 N–H and O–H groups in total. The van der Waals surface area contributed by atoms with E-state index in [0.717, 1.165) is 0 Å². The van der Waals surface area contributed by atoms with Crippen LogP contribution in [0.15, 0.2) is 33.6 Å². The van der Waals surface area contributed by atoms with E-state index in [0.29, 0.717) is 29.0 Å². The summed E-state index contributed by atoms with van der Waals surface area (Å²) in [4.78, 5) is 0.342. The molecule has 1 aliphatic rings. The molecule has 0 amide bonds. The minimum absolute atomic E-state index is 0. The number of halogens is 2. The van der Waals surface area contributed by atoms with Crippen LogP contribution < -0.4 is 5.32 Å². The first kappa shape index (κ1) is 15.9. The SMILES string of the molecule is CC1CN(S(=O)(=O)c2ccccc2Br)CCN1.Cl. The highest BCUT2D eigenvalue weighted by Gasteiger charge is 2.29. The summed E-state index contributed by atoms with van der Waals surface area (Å²) in [5.74, 6) is 0. The van der Waals surface area contributed by atoms with Gasteiger partial charge in [-0.05, 0) is 35.0 Å². The van der Waals surface area contributed by atoms with Crippen molar-refractivity contribution in [1.82, 2.24) is 9.62 Å². The monoisotopic (exact) mass is 354 g/mol. The normalized spacial score (nSPS) is 21.3. The molecule has 0 aliphatic carbocycles. The molecule has 0 spiro atoms. The molecular weight excluding hydrogens is 340 g/mol. The maximum Gasteiger partial charge on any atom is 0.244 e. The number of hydrogen-bond acceptors (Lipinski definition) is 3. The summed E-state index contributed by atoms with van der Waals surface area (Å²) in [7, 11) is -3.38. The maximum atomic E-state index is 12.4. The van der Waals surface area contributed by atoms with Gasteiger partial charge in [0, 0.05) is 30.1 Å². The van der Waals surface area contributed by atoms with Gasteiger partial charge in [0.25, 0.3) is 0 Å². The summed E-state index contributed by atoms with van der Waals surface area (Å²) in [6.45, 7) is 3.73. The lowest BCUT2D eigenvalue weighted by Gasteiger charge is -2.31. The number of benzene rings is 1. The topological polar surface area (TPSA) is 49.4 Å². The third-order valence-electron chi connectivity index (χ3n) is 2.79. The Labute approximate surface area is 122 Å². The zero-order valence-electron chi connectivity index (χ0n) is 9.97. The fourth-order valence-corrected chi connectivity index (χ4v) is 4.40. The van der Waals surface area contributed by atoms with E-state index in [1.165, 1.54) is 4.31 Å². The first-order valence-corrected chi connectivity index (χ1v) is 7.73. The summed E-state index contributed by atoms with van der Waals surface area (Å²) in [6.07, 6.45) is 0. The fraction of sp³-hybridized carbons (Fsp3) is 0.455. The minimum atomic E-state index is -3.38. The molecule has 0 aromatic heterocycles. The van der Waals surface area contributed by atoms with Crippen molar-refractivity contribution in [3.8, 4) is 0 Å². The summed E-state index contributed by atoms with van der Waals surface area (Å²) in [5.41, 5.74) is 0. The van der Waals surface area contributed by atoms with Crippen LogP contribution in [0.25, 0.3) is 0 Å². The van der Waals surface area contributed by atoms with Crippen molar-refractivity contribution in [1.29, 1.82) is 0 Å². The molecule has 102 valence electrons. The molecular formula is C11H16BrClN2O2S. The van der Waals surface area contributed by atoms with Crippen LogP contribution >= 0.6 is 28.3 Å². The fourth-order valence-electron chi connectivity index (χ4n) is 1.91. The lowest BCUT2D eigenvalue weighted by Crippen LogP contribution is -2.51. The molecule has 1 atom stereocenters. The molecule has 0 radical (unpaired) electrons. The van der Waals surface area contributed by atoms with Crippen LogP contribution in [-0.4, -0.2) is 38.4 Å². The van der Waals surface area contributed by atoms with Crippen LogP contribution in [0.5, 0.6) is 0 Å². The Morgan fingerprint density at radius 3 is 2.67 bits per heavy atom. The molecule has 18 heavy (non-hydrogen) atoms. The zero-order chi connectivity index (χ0) is 12.5. The summed E-state index contributed by atoms with van der Waals surface area (Å²) < 4.78 is 27.0. The molecule has 0 saturated carbocycles. The smallest absolute Gasteiger partial charge is 0.244 e. The van der Waals surface area contributed by atoms with Crippen molar-refractivity contribution in [2.75, 3.05) is 19.6 Å². The molecule has 4 nitrogen and oxygen atoms in total. The van der Waals surface area contributed by atoms with Crippen molar-refractivity contribution >= 4 is 38.4 Å². The average Bonchev–Trinajstić information content (AvgIpc) is 2.29. The number of nitrogens with one attached hydrogen (secondary N) is 1. The standard InChI is InChI=1S/C11H15BrN2O2S.ClH/c1-9-8-14(7-6-13-9)17(15,16)11-5-3-2-4-10(11)12;/h2-5,9,13H,6-8H2,1H3;1H. The molecule has 0 bridgehead atoms.